The zero-order valence-corrected chi connectivity index (χ0v) is 13.2. The molecule has 0 bridgehead atoms. The number of amides is 1. The molecule has 132 valence electrons. The highest BCUT2D eigenvalue weighted by Gasteiger charge is 2.35. The molecule has 2 aromatic rings. The summed E-state index contributed by atoms with van der Waals surface area (Å²) in [5.41, 5.74) is -1.24. The van der Waals surface area contributed by atoms with E-state index in [1.54, 1.807) is 30.3 Å². The Bertz CT molecular complexity index is 741. The van der Waals surface area contributed by atoms with Crippen LogP contribution in [0.25, 0.3) is 0 Å². The van der Waals surface area contributed by atoms with Crippen molar-refractivity contribution < 1.29 is 27.4 Å². The van der Waals surface area contributed by atoms with Crippen molar-refractivity contribution in [3.05, 3.63) is 54.1 Å². The fraction of sp³-hybridized carbons (Fsp3) is 0.278. The molecule has 0 radical (unpaired) electrons. The van der Waals surface area contributed by atoms with Gasteiger partial charge in [0, 0.05) is 6.61 Å². The smallest absolute Gasteiger partial charge is 0.418 e. The van der Waals surface area contributed by atoms with Gasteiger partial charge in [0.15, 0.2) is 0 Å². The molecule has 1 saturated heterocycles. The molecule has 7 heteroatoms. The molecular formula is C18H16F3NO3. The van der Waals surface area contributed by atoms with Gasteiger partial charge in [-0.3, -0.25) is 4.79 Å². The van der Waals surface area contributed by atoms with Crippen molar-refractivity contribution >= 4 is 11.6 Å². The number of hydrogen-bond donors (Lipinski definition) is 1. The number of benzene rings is 2. The summed E-state index contributed by atoms with van der Waals surface area (Å²) in [5.74, 6) is -0.433. The van der Waals surface area contributed by atoms with Crippen molar-refractivity contribution in [3.8, 4) is 11.5 Å². The minimum atomic E-state index is -4.62. The molecule has 1 atom stereocenters. The standard InChI is InChI=1S/C18H16F3NO3/c19-18(20,21)15-10-14(25-13-4-2-1-3-5-13)6-7-16(15)22-17(23)12-8-9-24-11-12/h1-7,10,12H,8-9,11H2,(H,22,23). The number of nitrogens with one attached hydrogen (secondary N) is 1. The second-order valence-corrected chi connectivity index (χ2v) is 5.67. The van der Waals surface area contributed by atoms with Crippen LogP contribution in [0.5, 0.6) is 11.5 Å². The minimum absolute atomic E-state index is 0.0423. The van der Waals surface area contributed by atoms with Crippen LogP contribution >= 0.6 is 0 Å². The van der Waals surface area contributed by atoms with Crippen molar-refractivity contribution in [2.45, 2.75) is 12.6 Å². The highest BCUT2D eigenvalue weighted by Crippen LogP contribution is 2.38. The number of alkyl halides is 3. The molecule has 1 fully saturated rings. The molecule has 3 rings (SSSR count). The Balaban J connectivity index is 1.84. The van der Waals surface area contributed by atoms with Crippen LogP contribution < -0.4 is 10.1 Å². The van der Waals surface area contributed by atoms with Gasteiger partial charge in [0.25, 0.3) is 0 Å². The molecule has 4 nitrogen and oxygen atoms in total. The molecular weight excluding hydrogens is 335 g/mol. The molecule has 0 spiro atoms. The summed E-state index contributed by atoms with van der Waals surface area (Å²) >= 11 is 0. The van der Waals surface area contributed by atoms with Crippen LogP contribution in [0, 0.1) is 5.92 Å². The predicted octanol–water partition coefficient (Wildman–Crippen LogP) is 4.47. The number of rotatable bonds is 4. The number of ether oxygens (including phenoxy) is 2. The number of carbonyl (C=O) groups excluding carboxylic acids is 1. The first-order valence-corrected chi connectivity index (χ1v) is 7.76. The summed E-state index contributed by atoms with van der Waals surface area (Å²) in [6.07, 6.45) is -4.12. The van der Waals surface area contributed by atoms with Crippen LogP contribution in [0.2, 0.25) is 0 Å². The maximum absolute atomic E-state index is 13.4. The quantitative estimate of drug-likeness (QED) is 0.884. The van der Waals surface area contributed by atoms with E-state index in [1.807, 2.05) is 0 Å². The van der Waals surface area contributed by atoms with Crippen molar-refractivity contribution in [1.82, 2.24) is 0 Å². The maximum atomic E-state index is 13.4. The zero-order chi connectivity index (χ0) is 17.9. The fourth-order valence-electron chi connectivity index (χ4n) is 2.53. The van der Waals surface area contributed by atoms with Gasteiger partial charge in [-0.05, 0) is 36.8 Å². The Hall–Kier alpha value is -2.54. The van der Waals surface area contributed by atoms with Crippen LogP contribution in [0.1, 0.15) is 12.0 Å². The Kier molecular flexibility index (Phi) is 4.94. The van der Waals surface area contributed by atoms with Gasteiger partial charge in [0.1, 0.15) is 11.5 Å². The van der Waals surface area contributed by atoms with Gasteiger partial charge in [-0.15, -0.1) is 0 Å². The molecule has 1 heterocycles. The topological polar surface area (TPSA) is 47.6 Å². The molecule has 0 saturated carbocycles. The lowest BCUT2D eigenvalue weighted by molar-refractivity contribution is -0.137. The summed E-state index contributed by atoms with van der Waals surface area (Å²) in [6, 6.07) is 12.0. The number of carbonyl (C=O) groups is 1. The monoisotopic (exact) mass is 351 g/mol. The third-order valence-electron chi connectivity index (χ3n) is 3.83. The third kappa shape index (κ3) is 4.30. The van der Waals surface area contributed by atoms with Crippen LogP contribution in [-0.4, -0.2) is 19.1 Å². The Morgan fingerprint density at radius 1 is 1.12 bits per heavy atom. The summed E-state index contributed by atoms with van der Waals surface area (Å²) in [5, 5.41) is 2.36. The number of anilines is 1. The summed E-state index contributed by atoms with van der Waals surface area (Å²) in [4.78, 5) is 12.1. The van der Waals surface area contributed by atoms with E-state index < -0.39 is 23.6 Å². The SMILES string of the molecule is O=C(Nc1ccc(Oc2ccccc2)cc1C(F)(F)F)C1CCOC1. The summed E-state index contributed by atoms with van der Waals surface area (Å²) in [6.45, 7) is 0.663. The first-order valence-electron chi connectivity index (χ1n) is 7.76. The molecule has 1 aliphatic rings. The lowest BCUT2D eigenvalue weighted by atomic mass is 10.1. The fourth-order valence-corrected chi connectivity index (χ4v) is 2.53. The van der Waals surface area contributed by atoms with Gasteiger partial charge in [-0.2, -0.15) is 13.2 Å². The molecule has 0 aromatic heterocycles. The number of hydrogen-bond acceptors (Lipinski definition) is 3. The largest absolute Gasteiger partial charge is 0.457 e. The minimum Gasteiger partial charge on any atom is -0.457 e. The molecule has 25 heavy (non-hydrogen) atoms. The highest BCUT2D eigenvalue weighted by atomic mass is 19.4. The molecule has 1 amide bonds. The molecule has 1 N–H and O–H groups in total. The van der Waals surface area contributed by atoms with Gasteiger partial charge in [-0.1, -0.05) is 18.2 Å². The summed E-state index contributed by atoms with van der Waals surface area (Å²) in [7, 11) is 0. The van der Waals surface area contributed by atoms with Crippen molar-refractivity contribution in [2.75, 3.05) is 18.5 Å². The average Bonchev–Trinajstić information content (AvgIpc) is 3.11. The highest BCUT2D eigenvalue weighted by molar-refractivity contribution is 5.93. The Morgan fingerprint density at radius 3 is 2.52 bits per heavy atom. The van der Waals surface area contributed by atoms with E-state index in [0.29, 0.717) is 18.8 Å². The predicted molar refractivity (Wildman–Crippen MR) is 85.5 cm³/mol. The van der Waals surface area contributed by atoms with E-state index in [0.717, 1.165) is 6.07 Å². The Morgan fingerprint density at radius 2 is 1.88 bits per heavy atom. The van der Waals surface area contributed by atoms with E-state index in [9.17, 15) is 18.0 Å². The molecule has 1 unspecified atom stereocenters. The average molecular weight is 351 g/mol. The molecule has 2 aromatic carbocycles. The van der Waals surface area contributed by atoms with Crippen LogP contribution in [0.15, 0.2) is 48.5 Å². The normalized spacial score (nSPS) is 17.3. The van der Waals surface area contributed by atoms with Gasteiger partial charge >= 0.3 is 6.18 Å². The van der Waals surface area contributed by atoms with Crippen molar-refractivity contribution in [3.63, 3.8) is 0 Å². The van der Waals surface area contributed by atoms with E-state index in [2.05, 4.69) is 5.32 Å². The van der Waals surface area contributed by atoms with Gasteiger partial charge in [0.2, 0.25) is 5.91 Å². The van der Waals surface area contributed by atoms with Crippen molar-refractivity contribution in [1.29, 1.82) is 0 Å². The van der Waals surface area contributed by atoms with Crippen LogP contribution in [-0.2, 0) is 15.7 Å². The second kappa shape index (κ2) is 7.14. The first kappa shape index (κ1) is 17.3. The number of halogens is 3. The number of para-hydroxylation sites is 1. The Labute approximate surface area is 142 Å². The van der Waals surface area contributed by atoms with E-state index in [4.69, 9.17) is 9.47 Å². The van der Waals surface area contributed by atoms with Gasteiger partial charge in [-0.25, -0.2) is 0 Å². The van der Waals surface area contributed by atoms with Crippen molar-refractivity contribution in [2.24, 2.45) is 5.92 Å². The third-order valence-corrected chi connectivity index (χ3v) is 3.83. The molecule has 0 aliphatic carbocycles. The van der Waals surface area contributed by atoms with E-state index >= 15 is 0 Å². The lowest BCUT2D eigenvalue weighted by Gasteiger charge is -2.17. The zero-order valence-electron chi connectivity index (χ0n) is 13.2. The van der Waals surface area contributed by atoms with Crippen LogP contribution in [0.4, 0.5) is 18.9 Å². The molecule has 1 aliphatic heterocycles. The van der Waals surface area contributed by atoms with Gasteiger partial charge < -0.3 is 14.8 Å². The van der Waals surface area contributed by atoms with E-state index in [1.165, 1.54) is 12.1 Å². The van der Waals surface area contributed by atoms with E-state index in [-0.39, 0.29) is 18.0 Å². The lowest BCUT2D eigenvalue weighted by Crippen LogP contribution is -2.24. The second-order valence-electron chi connectivity index (χ2n) is 5.67. The van der Waals surface area contributed by atoms with Crippen LogP contribution in [0.3, 0.4) is 0 Å². The van der Waals surface area contributed by atoms with Gasteiger partial charge in [0.05, 0.1) is 23.8 Å². The first-order chi connectivity index (χ1) is 11.9. The summed E-state index contributed by atoms with van der Waals surface area (Å²) < 4.78 is 50.6. The maximum Gasteiger partial charge on any atom is 0.418 e.